The maximum atomic E-state index is 2.35. The molecule has 0 saturated heterocycles. The topological polar surface area (TPSA) is 3.88 Å². The van der Waals surface area contributed by atoms with Gasteiger partial charge in [-0.3, -0.25) is 0 Å². The van der Waals surface area contributed by atoms with Crippen molar-refractivity contribution in [2.75, 3.05) is 0 Å². The van der Waals surface area contributed by atoms with E-state index in [9.17, 15) is 0 Å². The molecular weight excluding hydrogens is 349 g/mol. The first kappa shape index (κ1) is 25.7. The Morgan fingerprint density at radius 1 is 0.621 bits per heavy atom. The summed E-state index contributed by atoms with van der Waals surface area (Å²) in [6.07, 6.45) is 19.7. The summed E-state index contributed by atoms with van der Waals surface area (Å²) in [4.78, 5) is 0. The normalized spacial score (nSPS) is 11.3. The Kier molecular flexibility index (Phi) is 13.8. The van der Waals surface area contributed by atoms with Crippen molar-refractivity contribution in [3.05, 3.63) is 42.6 Å². The van der Waals surface area contributed by atoms with E-state index in [-0.39, 0.29) is 6.15 Å². The highest BCUT2D eigenvalue weighted by molar-refractivity contribution is 6.79. The second kappa shape index (κ2) is 15.5. The molecule has 0 radical (unpaired) electrons. The van der Waals surface area contributed by atoms with Crippen molar-refractivity contribution in [3.63, 3.8) is 0 Å². The Hall–Kier alpha value is -1.31. The second-order valence-electron chi connectivity index (χ2n) is 9.15. The molecule has 0 aliphatic rings. The third kappa shape index (κ3) is 9.36. The summed E-state index contributed by atoms with van der Waals surface area (Å²) >= 11 is 0. The van der Waals surface area contributed by atoms with Crippen LogP contribution >= 0.6 is 0 Å². The molecule has 0 bridgehead atoms. The van der Waals surface area contributed by atoms with E-state index in [0.29, 0.717) is 0 Å². The van der Waals surface area contributed by atoms with E-state index in [1.54, 1.807) is 25.3 Å². The van der Waals surface area contributed by atoms with Gasteiger partial charge in [0.05, 0.1) is 0 Å². The summed E-state index contributed by atoms with van der Waals surface area (Å²) < 4.78 is 2.25. The van der Waals surface area contributed by atoms with Crippen LogP contribution < -0.4 is 4.57 Å². The lowest BCUT2D eigenvalue weighted by Gasteiger charge is -2.40. The van der Waals surface area contributed by atoms with E-state index in [1.807, 2.05) is 0 Å². The number of para-hydroxylation sites is 1. The lowest BCUT2D eigenvalue weighted by atomic mass is 9.17. The van der Waals surface area contributed by atoms with E-state index in [4.69, 9.17) is 0 Å². The molecule has 0 fully saturated rings. The summed E-state index contributed by atoms with van der Waals surface area (Å²) in [5.41, 5.74) is 1.31. The van der Waals surface area contributed by atoms with Gasteiger partial charge in [-0.2, -0.15) is 29.8 Å². The average Bonchev–Trinajstić information content (AvgIpc) is 2.78. The number of unbranched alkanes of at least 4 members (excludes halogenated alkanes) is 4. The number of benzene rings is 1. The molecule has 0 saturated carbocycles. The van der Waals surface area contributed by atoms with Gasteiger partial charge in [0, 0.05) is 23.7 Å². The molecule has 1 heterocycles. The van der Waals surface area contributed by atoms with Crippen molar-refractivity contribution >= 4 is 17.0 Å². The molecule has 0 atom stereocenters. The first-order valence-electron chi connectivity index (χ1n) is 12.7. The van der Waals surface area contributed by atoms with Gasteiger partial charge in [-0.25, -0.2) is 0 Å². The molecular formula is C27H48BN. The molecule has 0 spiro atoms. The lowest BCUT2D eigenvalue weighted by molar-refractivity contribution is -0.667. The molecule has 1 aromatic heterocycles. The number of nitrogens with zero attached hydrogens (tertiary/aromatic N) is 1. The predicted molar refractivity (Wildman–Crippen MR) is 134 cm³/mol. The van der Waals surface area contributed by atoms with Crippen LogP contribution in [0.2, 0.25) is 25.3 Å². The summed E-state index contributed by atoms with van der Waals surface area (Å²) in [6, 6.07) is 12.7. The van der Waals surface area contributed by atoms with Crippen LogP contribution in [0.25, 0.3) is 10.9 Å². The van der Waals surface area contributed by atoms with Crippen molar-refractivity contribution in [2.45, 2.75) is 118 Å². The minimum Gasteiger partial charge on any atom is -0.199 e. The van der Waals surface area contributed by atoms with Crippen molar-refractivity contribution in [1.82, 2.24) is 0 Å². The van der Waals surface area contributed by atoms with Crippen LogP contribution in [-0.4, -0.2) is 6.15 Å². The van der Waals surface area contributed by atoms with Gasteiger partial charge in [-0.1, -0.05) is 91.2 Å². The molecule has 0 aliphatic heterocycles. The van der Waals surface area contributed by atoms with Gasteiger partial charge in [-0.05, 0) is 19.1 Å². The van der Waals surface area contributed by atoms with Crippen molar-refractivity contribution < 1.29 is 4.57 Å². The number of hydrogen-bond donors (Lipinski definition) is 0. The van der Waals surface area contributed by atoms with Crippen LogP contribution in [0, 0.1) is 0 Å². The standard InChI is InChI=1S/C16H36B.C11H12N/c1-5-9-13-17(14-10-6-2,15-11-7-3)16-12-8-4;1-2-12-9-5-7-10-6-3-4-8-11(10)12/h5-16H2,1-4H3;3-9H,2H2,1H3/q-1;+1. The quantitative estimate of drug-likeness (QED) is 0.235. The zero-order valence-corrected chi connectivity index (χ0v) is 20.3. The van der Waals surface area contributed by atoms with Crippen LogP contribution in [0.4, 0.5) is 0 Å². The number of aryl methyl sites for hydroxylation is 1. The second-order valence-corrected chi connectivity index (χ2v) is 9.15. The fourth-order valence-corrected chi connectivity index (χ4v) is 4.91. The molecule has 0 N–H and O–H groups in total. The smallest absolute Gasteiger partial charge is 0.199 e. The number of rotatable bonds is 13. The maximum Gasteiger partial charge on any atom is 0.212 e. The van der Waals surface area contributed by atoms with Crippen molar-refractivity contribution in [2.24, 2.45) is 0 Å². The summed E-state index contributed by atoms with van der Waals surface area (Å²) in [5.74, 6) is 0. The Labute approximate surface area is 182 Å². The largest absolute Gasteiger partial charge is 0.212 e. The van der Waals surface area contributed by atoms with Crippen LogP contribution in [0.3, 0.4) is 0 Å². The maximum absolute atomic E-state index is 2.35. The molecule has 0 amide bonds. The van der Waals surface area contributed by atoms with E-state index < -0.39 is 0 Å². The molecule has 2 heteroatoms. The highest BCUT2D eigenvalue weighted by atomic mass is 14.9. The minimum atomic E-state index is -0.00722. The molecule has 1 nitrogen and oxygen atoms in total. The van der Waals surface area contributed by atoms with Crippen molar-refractivity contribution in [3.8, 4) is 0 Å². The minimum absolute atomic E-state index is 0.00722. The first-order valence-corrected chi connectivity index (χ1v) is 12.7. The Morgan fingerprint density at radius 3 is 1.52 bits per heavy atom. The number of fused-ring (bicyclic) bond motifs is 1. The summed E-state index contributed by atoms with van der Waals surface area (Å²) in [6.45, 7) is 12.6. The van der Waals surface area contributed by atoms with E-state index in [2.05, 4.69) is 81.8 Å². The van der Waals surface area contributed by atoms with Crippen LogP contribution in [-0.2, 0) is 6.54 Å². The average molecular weight is 398 g/mol. The van der Waals surface area contributed by atoms with E-state index >= 15 is 0 Å². The van der Waals surface area contributed by atoms with Crippen molar-refractivity contribution in [1.29, 1.82) is 0 Å². The summed E-state index contributed by atoms with van der Waals surface area (Å²) in [7, 11) is 0. The predicted octanol–water partition coefficient (Wildman–Crippen LogP) is 8.78. The van der Waals surface area contributed by atoms with Gasteiger partial charge in [-0.15, -0.1) is 0 Å². The van der Waals surface area contributed by atoms with Crippen LogP contribution in [0.5, 0.6) is 0 Å². The SMILES string of the molecule is CCCC[B-](CCCC)(CCCC)CCCC.CC[n+]1cccc2ccccc21. The fraction of sp³-hybridized carbons (Fsp3) is 0.667. The lowest BCUT2D eigenvalue weighted by Crippen LogP contribution is -2.33. The van der Waals surface area contributed by atoms with Gasteiger partial charge >= 0.3 is 0 Å². The van der Waals surface area contributed by atoms with Gasteiger partial charge < -0.3 is 0 Å². The molecule has 2 rings (SSSR count). The zero-order valence-electron chi connectivity index (χ0n) is 20.3. The fourth-order valence-electron chi connectivity index (χ4n) is 4.91. The number of pyridine rings is 1. The molecule has 0 unspecified atom stereocenters. The molecule has 2 aromatic rings. The first-order chi connectivity index (χ1) is 14.2. The van der Waals surface area contributed by atoms with Crippen LogP contribution in [0.15, 0.2) is 42.6 Å². The third-order valence-corrected chi connectivity index (χ3v) is 6.81. The Morgan fingerprint density at radius 2 is 1.07 bits per heavy atom. The zero-order chi connectivity index (χ0) is 21.4. The summed E-state index contributed by atoms with van der Waals surface area (Å²) in [5, 5.41) is 1.31. The van der Waals surface area contributed by atoms with Gasteiger partial charge in [0.2, 0.25) is 5.52 Å². The number of hydrogen-bond acceptors (Lipinski definition) is 0. The Bertz CT molecular complexity index is 609. The molecule has 0 aliphatic carbocycles. The highest BCUT2D eigenvalue weighted by Crippen LogP contribution is 2.33. The highest BCUT2D eigenvalue weighted by Gasteiger charge is 2.22. The number of aromatic nitrogens is 1. The van der Waals surface area contributed by atoms with Gasteiger partial charge in [0.1, 0.15) is 6.54 Å². The van der Waals surface area contributed by atoms with E-state index in [1.165, 1.54) is 62.3 Å². The van der Waals surface area contributed by atoms with Gasteiger partial charge in [0.25, 0.3) is 0 Å². The Balaban J connectivity index is 0.000000304. The third-order valence-electron chi connectivity index (χ3n) is 6.81. The van der Waals surface area contributed by atoms with Crippen LogP contribution in [0.1, 0.15) is 86.0 Å². The monoisotopic (exact) mass is 397 g/mol. The molecule has 164 valence electrons. The van der Waals surface area contributed by atoms with Gasteiger partial charge in [0.15, 0.2) is 6.20 Å². The molecule has 1 aromatic carbocycles. The molecule has 29 heavy (non-hydrogen) atoms. The van der Waals surface area contributed by atoms with E-state index in [0.717, 1.165) is 6.54 Å².